The number of nitrogens with one attached hydrogen (secondary N) is 1. The lowest BCUT2D eigenvalue weighted by Gasteiger charge is -2.32. The summed E-state index contributed by atoms with van der Waals surface area (Å²) in [6.07, 6.45) is 1.36. The fraction of sp³-hybridized carbons (Fsp3) is 0.619. The highest BCUT2D eigenvalue weighted by atomic mass is 16.5. The topological polar surface area (TPSA) is 67.9 Å². The second-order valence-corrected chi connectivity index (χ2v) is 7.46. The second kappa shape index (κ2) is 9.74. The van der Waals surface area contributed by atoms with Crippen molar-refractivity contribution in [3.05, 3.63) is 28.8 Å². The van der Waals surface area contributed by atoms with E-state index in [0.29, 0.717) is 32.5 Å². The molecule has 0 saturated carbocycles. The van der Waals surface area contributed by atoms with Crippen LogP contribution in [0, 0.1) is 26.7 Å². The zero-order valence-electron chi connectivity index (χ0n) is 17.1. The summed E-state index contributed by atoms with van der Waals surface area (Å²) in [5.41, 5.74) is 3.26. The summed E-state index contributed by atoms with van der Waals surface area (Å²) in [6, 6.07) is 4.07. The van der Waals surface area contributed by atoms with E-state index in [1.807, 2.05) is 33.8 Å². The zero-order chi connectivity index (χ0) is 20.0. The van der Waals surface area contributed by atoms with E-state index in [2.05, 4.69) is 11.4 Å². The van der Waals surface area contributed by atoms with Gasteiger partial charge in [0, 0.05) is 32.2 Å². The number of hydrogen-bond acceptors (Lipinski definition) is 4. The lowest BCUT2D eigenvalue weighted by atomic mass is 9.95. The second-order valence-electron chi connectivity index (χ2n) is 7.46. The molecule has 1 atom stereocenters. The van der Waals surface area contributed by atoms with Gasteiger partial charge in [-0.1, -0.05) is 12.1 Å². The smallest absolute Gasteiger partial charge is 0.260 e. The number of aryl methyl sites for hydroxylation is 2. The van der Waals surface area contributed by atoms with Crippen molar-refractivity contribution in [3.63, 3.8) is 0 Å². The van der Waals surface area contributed by atoms with Crippen molar-refractivity contribution >= 4 is 11.8 Å². The molecule has 0 spiro atoms. The number of methoxy groups -OCH3 is 1. The quantitative estimate of drug-likeness (QED) is 0.793. The monoisotopic (exact) mass is 376 g/mol. The standard InChI is InChI=1S/C21H32N2O4/c1-14-6-7-15(2)20(17(14)4)27-13-19(24)23-10-8-18(9-11-23)21(25)22-16(3)12-26-5/h6-7,16,18H,8-13H2,1-5H3,(H,22,25)/t16-/m0/s1. The summed E-state index contributed by atoms with van der Waals surface area (Å²) in [5, 5.41) is 2.97. The maximum absolute atomic E-state index is 12.5. The number of rotatable bonds is 7. The minimum atomic E-state index is -0.0458. The molecule has 0 bridgehead atoms. The minimum absolute atomic E-state index is 0.00336. The highest BCUT2D eigenvalue weighted by Crippen LogP contribution is 2.26. The molecule has 27 heavy (non-hydrogen) atoms. The third kappa shape index (κ3) is 5.70. The fourth-order valence-corrected chi connectivity index (χ4v) is 3.42. The zero-order valence-corrected chi connectivity index (χ0v) is 17.1. The molecule has 1 aliphatic rings. The summed E-state index contributed by atoms with van der Waals surface area (Å²) >= 11 is 0. The Morgan fingerprint density at radius 3 is 2.44 bits per heavy atom. The molecule has 1 aliphatic heterocycles. The van der Waals surface area contributed by atoms with E-state index in [9.17, 15) is 9.59 Å². The molecular formula is C21H32N2O4. The fourth-order valence-electron chi connectivity index (χ4n) is 3.42. The van der Waals surface area contributed by atoms with Crippen LogP contribution >= 0.6 is 0 Å². The van der Waals surface area contributed by atoms with Gasteiger partial charge in [0.2, 0.25) is 5.91 Å². The summed E-state index contributed by atoms with van der Waals surface area (Å²) in [7, 11) is 1.62. The Balaban J connectivity index is 1.82. The van der Waals surface area contributed by atoms with E-state index in [1.165, 1.54) is 0 Å². The van der Waals surface area contributed by atoms with Crippen molar-refractivity contribution in [3.8, 4) is 5.75 Å². The van der Waals surface area contributed by atoms with Crippen LogP contribution in [0.5, 0.6) is 5.75 Å². The number of amides is 2. The molecule has 1 N–H and O–H groups in total. The first-order chi connectivity index (χ1) is 12.8. The van der Waals surface area contributed by atoms with Gasteiger partial charge in [-0.3, -0.25) is 9.59 Å². The molecule has 2 amide bonds. The number of nitrogens with zero attached hydrogens (tertiary/aromatic N) is 1. The highest BCUT2D eigenvalue weighted by molar-refractivity contribution is 5.80. The molecule has 2 rings (SSSR count). The van der Waals surface area contributed by atoms with Crippen LogP contribution in [0.1, 0.15) is 36.5 Å². The predicted octanol–water partition coefficient (Wildman–Crippen LogP) is 2.38. The maximum Gasteiger partial charge on any atom is 0.260 e. The van der Waals surface area contributed by atoms with Crippen LogP contribution in [0.15, 0.2) is 12.1 Å². The van der Waals surface area contributed by atoms with Gasteiger partial charge in [-0.05, 0) is 57.2 Å². The van der Waals surface area contributed by atoms with E-state index in [0.717, 1.165) is 22.4 Å². The first-order valence-corrected chi connectivity index (χ1v) is 9.60. The Hall–Kier alpha value is -2.08. The number of carbonyl (C=O) groups excluding carboxylic acids is 2. The van der Waals surface area contributed by atoms with Gasteiger partial charge < -0.3 is 19.7 Å². The van der Waals surface area contributed by atoms with Gasteiger partial charge in [0.1, 0.15) is 5.75 Å². The molecule has 1 fully saturated rings. The number of likely N-dealkylation sites (tertiary alicyclic amines) is 1. The first kappa shape index (κ1) is 21.2. The molecule has 1 aromatic carbocycles. The molecule has 1 saturated heterocycles. The lowest BCUT2D eigenvalue weighted by molar-refractivity contribution is -0.137. The molecular weight excluding hydrogens is 344 g/mol. The van der Waals surface area contributed by atoms with Crippen molar-refractivity contribution in [1.82, 2.24) is 10.2 Å². The molecule has 0 aromatic heterocycles. The normalized spacial score (nSPS) is 16.1. The van der Waals surface area contributed by atoms with Crippen molar-refractivity contribution in [1.29, 1.82) is 0 Å². The van der Waals surface area contributed by atoms with Crippen LogP contribution < -0.4 is 10.1 Å². The Morgan fingerprint density at radius 1 is 1.19 bits per heavy atom. The van der Waals surface area contributed by atoms with Gasteiger partial charge in [-0.15, -0.1) is 0 Å². The Labute approximate surface area is 162 Å². The summed E-state index contributed by atoms with van der Waals surface area (Å²) in [4.78, 5) is 26.6. The number of piperidine rings is 1. The van der Waals surface area contributed by atoms with Gasteiger partial charge in [0.05, 0.1) is 6.61 Å². The Kier molecular flexibility index (Phi) is 7.66. The summed E-state index contributed by atoms with van der Waals surface area (Å²) in [6.45, 7) is 9.66. The van der Waals surface area contributed by atoms with Gasteiger partial charge in [0.15, 0.2) is 6.61 Å². The molecule has 1 aromatic rings. The molecule has 0 unspecified atom stereocenters. The highest BCUT2D eigenvalue weighted by Gasteiger charge is 2.28. The number of ether oxygens (including phenoxy) is 2. The van der Waals surface area contributed by atoms with Gasteiger partial charge >= 0.3 is 0 Å². The molecule has 1 heterocycles. The molecule has 0 radical (unpaired) electrons. The molecule has 6 nitrogen and oxygen atoms in total. The minimum Gasteiger partial charge on any atom is -0.483 e. The van der Waals surface area contributed by atoms with E-state index < -0.39 is 0 Å². The van der Waals surface area contributed by atoms with Crippen LogP contribution in [0.25, 0.3) is 0 Å². The third-order valence-electron chi connectivity index (χ3n) is 5.24. The predicted molar refractivity (Wildman–Crippen MR) is 105 cm³/mol. The lowest BCUT2D eigenvalue weighted by Crippen LogP contribution is -2.46. The van der Waals surface area contributed by atoms with Crippen LogP contribution in [-0.4, -0.2) is 56.2 Å². The third-order valence-corrected chi connectivity index (χ3v) is 5.24. The van der Waals surface area contributed by atoms with E-state index in [1.54, 1.807) is 12.0 Å². The van der Waals surface area contributed by atoms with Crippen molar-refractivity contribution in [2.75, 3.05) is 33.4 Å². The molecule has 0 aliphatic carbocycles. The van der Waals surface area contributed by atoms with Crippen molar-refractivity contribution in [2.45, 2.75) is 46.6 Å². The Morgan fingerprint density at radius 2 is 1.81 bits per heavy atom. The maximum atomic E-state index is 12.5. The number of benzene rings is 1. The van der Waals surface area contributed by atoms with Crippen LogP contribution in [0.2, 0.25) is 0 Å². The van der Waals surface area contributed by atoms with E-state index >= 15 is 0 Å². The SMILES string of the molecule is COC[C@H](C)NC(=O)C1CCN(C(=O)COc2c(C)ccc(C)c2C)CC1. The van der Waals surface area contributed by atoms with E-state index in [4.69, 9.17) is 9.47 Å². The first-order valence-electron chi connectivity index (χ1n) is 9.60. The van der Waals surface area contributed by atoms with Crippen LogP contribution in [0.3, 0.4) is 0 Å². The van der Waals surface area contributed by atoms with Gasteiger partial charge in [0.25, 0.3) is 5.91 Å². The van der Waals surface area contributed by atoms with E-state index in [-0.39, 0.29) is 30.4 Å². The largest absolute Gasteiger partial charge is 0.483 e. The van der Waals surface area contributed by atoms with Gasteiger partial charge in [-0.2, -0.15) is 0 Å². The van der Waals surface area contributed by atoms with Gasteiger partial charge in [-0.25, -0.2) is 0 Å². The molecule has 6 heteroatoms. The molecule has 150 valence electrons. The number of hydrogen-bond donors (Lipinski definition) is 1. The summed E-state index contributed by atoms with van der Waals surface area (Å²) in [5.74, 6) is 0.774. The van der Waals surface area contributed by atoms with Crippen molar-refractivity contribution < 1.29 is 19.1 Å². The Bertz CT molecular complexity index is 666. The summed E-state index contributed by atoms with van der Waals surface area (Å²) < 4.78 is 10.9. The average molecular weight is 376 g/mol. The van der Waals surface area contributed by atoms with Crippen molar-refractivity contribution in [2.24, 2.45) is 5.92 Å². The van der Waals surface area contributed by atoms with Crippen LogP contribution in [-0.2, 0) is 14.3 Å². The average Bonchev–Trinajstić information content (AvgIpc) is 2.65. The number of carbonyl (C=O) groups is 2. The van der Waals surface area contributed by atoms with Crippen LogP contribution in [0.4, 0.5) is 0 Å².